The summed E-state index contributed by atoms with van der Waals surface area (Å²) in [6.07, 6.45) is 2.82. The van der Waals surface area contributed by atoms with E-state index >= 15 is 0 Å². The fourth-order valence-corrected chi connectivity index (χ4v) is 1.73. The molecule has 2 atom stereocenters. The van der Waals surface area contributed by atoms with Crippen LogP contribution in [0.3, 0.4) is 0 Å². The Morgan fingerprint density at radius 2 is 2.23 bits per heavy atom. The van der Waals surface area contributed by atoms with Crippen LogP contribution in [0.1, 0.15) is 20.3 Å². The molecule has 0 aromatic heterocycles. The first kappa shape index (κ1) is 12.8. The Labute approximate surface area is 84.6 Å². The van der Waals surface area contributed by atoms with Crippen molar-refractivity contribution in [1.29, 1.82) is 0 Å². The summed E-state index contributed by atoms with van der Waals surface area (Å²) in [7, 11) is 1.42. The summed E-state index contributed by atoms with van der Waals surface area (Å²) in [4.78, 5) is 11.2. The standard InChI is InChI=1S/C9H19NO2S/c1-5-8(9(11)12-3)10-7(2)6-13-4/h7-8,10H,5-6H2,1-4H3. The minimum atomic E-state index is -0.171. The van der Waals surface area contributed by atoms with Crippen LogP contribution in [0.2, 0.25) is 0 Å². The first-order chi connectivity index (χ1) is 6.15. The monoisotopic (exact) mass is 205 g/mol. The second-order valence-corrected chi connectivity index (χ2v) is 3.92. The van der Waals surface area contributed by atoms with Gasteiger partial charge in [0.25, 0.3) is 0 Å². The molecule has 0 aromatic rings. The topological polar surface area (TPSA) is 38.3 Å². The maximum absolute atomic E-state index is 11.2. The van der Waals surface area contributed by atoms with Gasteiger partial charge in [-0.3, -0.25) is 4.79 Å². The summed E-state index contributed by atoms with van der Waals surface area (Å²) in [6, 6.07) is 0.186. The summed E-state index contributed by atoms with van der Waals surface area (Å²) < 4.78 is 4.67. The number of nitrogens with one attached hydrogen (secondary N) is 1. The molecular formula is C9H19NO2S. The third-order valence-electron chi connectivity index (χ3n) is 1.80. The number of carbonyl (C=O) groups is 1. The zero-order valence-electron chi connectivity index (χ0n) is 8.79. The van der Waals surface area contributed by atoms with E-state index in [1.807, 2.05) is 6.92 Å². The average Bonchev–Trinajstić information content (AvgIpc) is 2.13. The molecule has 0 aliphatic heterocycles. The largest absolute Gasteiger partial charge is 0.468 e. The van der Waals surface area contributed by atoms with Gasteiger partial charge in [0.2, 0.25) is 0 Å². The smallest absolute Gasteiger partial charge is 0.322 e. The molecule has 0 aliphatic carbocycles. The number of hydrogen-bond acceptors (Lipinski definition) is 4. The SMILES string of the molecule is CCC(NC(C)CSC)C(=O)OC. The minimum absolute atomic E-state index is 0.160. The molecule has 0 spiro atoms. The maximum atomic E-state index is 11.2. The van der Waals surface area contributed by atoms with Gasteiger partial charge in [0.15, 0.2) is 0 Å². The van der Waals surface area contributed by atoms with Gasteiger partial charge >= 0.3 is 5.97 Å². The van der Waals surface area contributed by atoms with Gasteiger partial charge in [-0.2, -0.15) is 11.8 Å². The predicted molar refractivity (Wildman–Crippen MR) is 57.1 cm³/mol. The summed E-state index contributed by atoms with van der Waals surface area (Å²) >= 11 is 1.77. The van der Waals surface area contributed by atoms with E-state index in [1.54, 1.807) is 11.8 Å². The number of thioether (sulfide) groups is 1. The Balaban J connectivity index is 3.89. The first-order valence-electron chi connectivity index (χ1n) is 4.48. The van der Waals surface area contributed by atoms with Crippen molar-refractivity contribution in [3.05, 3.63) is 0 Å². The van der Waals surface area contributed by atoms with Crippen LogP contribution in [0, 0.1) is 0 Å². The van der Waals surface area contributed by atoms with Crippen molar-refractivity contribution in [2.45, 2.75) is 32.4 Å². The van der Waals surface area contributed by atoms with E-state index in [9.17, 15) is 4.79 Å². The fourth-order valence-electron chi connectivity index (χ4n) is 1.14. The van der Waals surface area contributed by atoms with E-state index in [2.05, 4.69) is 23.2 Å². The Morgan fingerprint density at radius 3 is 2.62 bits per heavy atom. The maximum Gasteiger partial charge on any atom is 0.322 e. The van der Waals surface area contributed by atoms with Crippen molar-refractivity contribution in [3.8, 4) is 0 Å². The van der Waals surface area contributed by atoms with Crippen LogP contribution in [0.25, 0.3) is 0 Å². The van der Waals surface area contributed by atoms with Crippen molar-refractivity contribution in [3.63, 3.8) is 0 Å². The second-order valence-electron chi connectivity index (χ2n) is 3.01. The van der Waals surface area contributed by atoms with E-state index in [1.165, 1.54) is 7.11 Å². The lowest BCUT2D eigenvalue weighted by atomic mass is 10.2. The number of hydrogen-bond donors (Lipinski definition) is 1. The molecule has 0 saturated heterocycles. The predicted octanol–water partition coefficient (Wildman–Crippen LogP) is 1.28. The Kier molecular flexibility index (Phi) is 7.09. The summed E-state index contributed by atoms with van der Waals surface area (Å²) in [6.45, 7) is 4.04. The van der Waals surface area contributed by atoms with Gasteiger partial charge in [-0.15, -0.1) is 0 Å². The molecule has 3 nitrogen and oxygen atoms in total. The normalized spacial score (nSPS) is 15.1. The molecule has 0 saturated carbocycles. The van der Waals surface area contributed by atoms with Gasteiger partial charge in [-0.25, -0.2) is 0 Å². The zero-order chi connectivity index (χ0) is 10.3. The van der Waals surface area contributed by atoms with Gasteiger partial charge in [-0.1, -0.05) is 6.92 Å². The van der Waals surface area contributed by atoms with E-state index in [4.69, 9.17) is 0 Å². The summed E-state index contributed by atoms with van der Waals surface area (Å²) in [5, 5.41) is 3.22. The van der Waals surface area contributed by atoms with Crippen LogP contribution in [-0.4, -0.2) is 37.2 Å². The highest BCUT2D eigenvalue weighted by molar-refractivity contribution is 7.98. The van der Waals surface area contributed by atoms with E-state index in [-0.39, 0.29) is 12.0 Å². The zero-order valence-corrected chi connectivity index (χ0v) is 9.61. The van der Waals surface area contributed by atoms with E-state index < -0.39 is 0 Å². The molecule has 0 heterocycles. The molecule has 4 heteroatoms. The van der Waals surface area contributed by atoms with Gasteiger partial charge < -0.3 is 10.1 Å². The lowest BCUT2D eigenvalue weighted by Gasteiger charge is -2.19. The molecule has 13 heavy (non-hydrogen) atoms. The molecule has 0 aromatic carbocycles. The van der Waals surface area contributed by atoms with Gasteiger partial charge in [0.05, 0.1) is 7.11 Å². The molecule has 0 amide bonds. The number of esters is 1. The molecule has 0 aliphatic rings. The Hall–Kier alpha value is -0.220. The quantitative estimate of drug-likeness (QED) is 0.663. The first-order valence-corrected chi connectivity index (χ1v) is 5.87. The van der Waals surface area contributed by atoms with Crippen molar-refractivity contribution < 1.29 is 9.53 Å². The lowest BCUT2D eigenvalue weighted by Crippen LogP contribution is -2.43. The van der Waals surface area contributed by atoms with Gasteiger partial charge in [0, 0.05) is 11.8 Å². The highest BCUT2D eigenvalue weighted by atomic mass is 32.2. The van der Waals surface area contributed by atoms with Crippen LogP contribution in [-0.2, 0) is 9.53 Å². The number of rotatable bonds is 6. The summed E-state index contributed by atoms with van der Waals surface area (Å²) in [5.41, 5.74) is 0. The van der Waals surface area contributed by atoms with Crippen LogP contribution in [0.15, 0.2) is 0 Å². The lowest BCUT2D eigenvalue weighted by molar-refractivity contribution is -0.143. The average molecular weight is 205 g/mol. The molecule has 0 bridgehead atoms. The Bertz CT molecular complexity index is 153. The van der Waals surface area contributed by atoms with Crippen molar-refractivity contribution in [1.82, 2.24) is 5.32 Å². The molecule has 0 rings (SSSR count). The third kappa shape index (κ3) is 5.16. The van der Waals surface area contributed by atoms with Crippen molar-refractivity contribution in [2.75, 3.05) is 19.1 Å². The third-order valence-corrected chi connectivity index (χ3v) is 2.63. The molecule has 0 radical (unpaired) electrons. The van der Waals surface area contributed by atoms with Crippen LogP contribution in [0.5, 0.6) is 0 Å². The highest BCUT2D eigenvalue weighted by Gasteiger charge is 2.18. The molecule has 1 N–H and O–H groups in total. The van der Waals surface area contributed by atoms with E-state index in [0.717, 1.165) is 12.2 Å². The number of methoxy groups -OCH3 is 1. The minimum Gasteiger partial charge on any atom is -0.468 e. The van der Waals surface area contributed by atoms with E-state index in [0.29, 0.717) is 6.04 Å². The van der Waals surface area contributed by atoms with Crippen LogP contribution < -0.4 is 5.32 Å². The highest BCUT2D eigenvalue weighted by Crippen LogP contribution is 2.01. The fraction of sp³-hybridized carbons (Fsp3) is 0.889. The number of ether oxygens (including phenoxy) is 1. The molecule has 0 fully saturated rings. The van der Waals surface area contributed by atoms with Crippen molar-refractivity contribution >= 4 is 17.7 Å². The Morgan fingerprint density at radius 1 is 1.62 bits per heavy atom. The number of carbonyl (C=O) groups excluding carboxylic acids is 1. The van der Waals surface area contributed by atoms with Crippen LogP contribution in [0.4, 0.5) is 0 Å². The molecular weight excluding hydrogens is 186 g/mol. The van der Waals surface area contributed by atoms with Gasteiger partial charge in [0.1, 0.15) is 6.04 Å². The van der Waals surface area contributed by atoms with Gasteiger partial charge in [-0.05, 0) is 19.6 Å². The molecule has 78 valence electrons. The summed E-state index contributed by atoms with van der Waals surface area (Å²) in [5.74, 6) is 0.837. The van der Waals surface area contributed by atoms with Crippen LogP contribution >= 0.6 is 11.8 Å². The van der Waals surface area contributed by atoms with Crippen molar-refractivity contribution in [2.24, 2.45) is 0 Å². The molecule has 2 unspecified atom stereocenters. The second kappa shape index (κ2) is 7.21.